The zero-order valence-corrected chi connectivity index (χ0v) is 11.9. The molecule has 96 valence electrons. The van der Waals surface area contributed by atoms with Crippen LogP contribution in [0.4, 0.5) is 5.69 Å². The van der Waals surface area contributed by atoms with Crippen LogP contribution in [0.15, 0.2) is 23.1 Å². The van der Waals surface area contributed by atoms with E-state index in [0.29, 0.717) is 5.56 Å². The van der Waals surface area contributed by atoms with Gasteiger partial charge in [0.2, 0.25) is 5.91 Å². The minimum absolute atomic E-state index is 0.0255. The molecule has 1 aliphatic rings. The van der Waals surface area contributed by atoms with Crippen LogP contribution in [-0.2, 0) is 4.79 Å². The maximum absolute atomic E-state index is 12.2. The first-order valence-electron chi connectivity index (χ1n) is 6.06. The fraction of sp³-hybridized carbons (Fsp3) is 0.429. The average Bonchev–Trinajstić information content (AvgIpc) is 2.29. The minimum atomic E-state index is -0.0666. The van der Waals surface area contributed by atoms with Crippen molar-refractivity contribution in [3.8, 4) is 0 Å². The number of ketones is 1. The molecular weight excluding hydrogens is 246 g/mol. The number of benzene rings is 1. The normalized spacial score (nSPS) is 19.1. The van der Waals surface area contributed by atoms with E-state index in [1.807, 2.05) is 39.0 Å². The standard InChI is InChI=1S/C14H17NO2S/c1-8(2)15-12-7-11(9(3)16)5-6-13(12)18-10(4)14(15)17/h5-8,10H,1-4H3. The molecule has 4 heteroatoms. The lowest BCUT2D eigenvalue weighted by Gasteiger charge is -2.35. The Kier molecular flexibility index (Phi) is 3.48. The number of rotatable bonds is 2. The van der Waals surface area contributed by atoms with Gasteiger partial charge in [-0.3, -0.25) is 9.59 Å². The Morgan fingerprint density at radius 1 is 1.39 bits per heavy atom. The quantitative estimate of drug-likeness (QED) is 0.769. The van der Waals surface area contributed by atoms with E-state index in [1.54, 1.807) is 23.6 Å². The van der Waals surface area contributed by atoms with Gasteiger partial charge in [-0.1, -0.05) is 6.07 Å². The van der Waals surface area contributed by atoms with Crippen LogP contribution in [0, 0.1) is 0 Å². The summed E-state index contributed by atoms with van der Waals surface area (Å²) in [5, 5.41) is -0.0666. The molecule has 18 heavy (non-hydrogen) atoms. The van der Waals surface area contributed by atoms with E-state index in [1.165, 1.54) is 0 Å². The molecule has 1 unspecified atom stereocenters. The van der Waals surface area contributed by atoms with Gasteiger partial charge in [0.25, 0.3) is 0 Å². The number of Topliss-reactive ketones (excluding diaryl/α,β-unsaturated/α-hetero) is 1. The Labute approximate surface area is 112 Å². The van der Waals surface area contributed by atoms with Crippen LogP contribution in [-0.4, -0.2) is 23.0 Å². The van der Waals surface area contributed by atoms with Crippen molar-refractivity contribution in [3.05, 3.63) is 23.8 Å². The molecule has 0 fully saturated rings. The monoisotopic (exact) mass is 263 g/mol. The molecule has 1 heterocycles. The van der Waals surface area contributed by atoms with E-state index in [4.69, 9.17) is 0 Å². The first-order valence-corrected chi connectivity index (χ1v) is 6.94. The van der Waals surface area contributed by atoms with E-state index >= 15 is 0 Å². The van der Waals surface area contributed by atoms with Crippen LogP contribution in [0.3, 0.4) is 0 Å². The largest absolute Gasteiger partial charge is 0.308 e. The van der Waals surface area contributed by atoms with Gasteiger partial charge in [0.15, 0.2) is 5.78 Å². The number of nitrogens with zero attached hydrogens (tertiary/aromatic N) is 1. The second kappa shape index (κ2) is 4.76. The molecule has 2 rings (SSSR count). The Morgan fingerprint density at radius 3 is 2.61 bits per heavy atom. The third-order valence-electron chi connectivity index (χ3n) is 3.03. The molecule has 1 amide bonds. The molecule has 3 nitrogen and oxygen atoms in total. The molecule has 1 aliphatic heterocycles. The summed E-state index contributed by atoms with van der Waals surface area (Å²) in [5.41, 5.74) is 1.52. The number of thioether (sulfide) groups is 1. The number of carbonyl (C=O) groups excluding carboxylic acids is 2. The van der Waals surface area contributed by atoms with Crippen molar-refractivity contribution in [2.75, 3.05) is 4.90 Å². The predicted octanol–water partition coefficient (Wildman–Crippen LogP) is 3.12. The molecule has 0 N–H and O–H groups in total. The zero-order valence-electron chi connectivity index (χ0n) is 11.1. The van der Waals surface area contributed by atoms with Crippen LogP contribution in [0.2, 0.25) is 0 Å². The Bertz CT molecular complexity index is 511. The number of fused-ring (bicyclic) bond motifs is 1. The lowest BCUT2D eigenvalue weighted by atomic mass is 10.1. The van der Waals surface area contributed by atoms with Gasteiger partial charge in [-0.05, 0) is 39.8 Å². The lowest BCUT2D eigenvalue weighted by molar-refractivity contribution is -0.118. The summed E-state index contributed by atoms with van der Waals surface area (Å²) < 4.78 is 0. The maximum Gasteiger partial charge on any atom is 0.240 e. The molecule has 0 spiro atoms. The van der Waals surface area contributed by atoms with Gasteiger partial charge < -0.3 is 4.90 Å². The smallest absolute Gasteiger partial charge is 0.240 e. The van der Waals surface area contributed by atoms with Crippen molar-refractivity contribution >= 4 is 29.1 Å². The van der Waals surface area contributed by atoms with Crippen LogP contribution < -0.4 is 4.90 Å². The van der Waals surface area contributed by atoms with Gasteiger partial charge in [-0.2, -0.15) is 0 Å². The number of anilines is 1. The fourth-order valence-electron chi connectivity index (χ4n) is 2.11. The van der Waals surface area contributed by atoms with E-state index in [0.717, 1.165) is 10.6 Å². The van der Waals surface area contributed by atoms with E-state index < -0.39 is 0 Å². The van der Waals surface area contributed by atoms with Crippen molar-refractivity contribution in [1.29, 1.82) is 0 Å². The number of amides is 1. The highest BCUT2D eigenvalue weighted by Crippen LogP contribution is 2.40. The summed E-state index contributed by atoms with van der Waals surface area (Å²) in [6.07, 6.45) is 0. The summed E-state index contributed by atoms with van der Waals surface area (Å²) in [7, 11) is 0. The topological polar surface area (TPSA) is 37.4 Å². The highest BCUT2D eigenvalue weighted by Gasteiger charge is 2.32. The highest BCUT2D eigenvalue weighted by molar-refractivity contribution is 8.01. The Balaban J connectivity index is 2.55. The SMILES string of the molecule is CC(=O)c1ccc2c(c1)N(C(C)C)C(=O)C(C)S2. The second-order valence-corrected chi connectivity index (χ2v) is 6.18. The van der Waals surface area contributed by atoms with Crippen molar-refractivity contribution in [2.45, 2.75) is 43.9 Å². The Hall–Kier alpha value is -1.29. The summed E-state index contributed by atoms with van der Waals surface area (Å²) in [6.45, 7) is 7.45. The van der Waals surface area contributed by atoms with Gasteiger partial charge in [-0.15, -0.1) is 11.8 Å². The molecule has 0 bridgehead atoms. The van der Waals surface area contributed by atoms with E-state index in [9.17, 15) is 9.59 Å². The second-order valence-electron chi connectivity index (χ2n) is 4.80. The van der Waals surface area contributed by atoms with Crippen molar-refractivity contribution in [1.82, 2.24) is 0 Å². The lowest BCUT2D eigenvalue weighted by Crippen LogP contribution is -2.44. The predicted molar refractivity (Wildman–Crippen MR) is 74.4 cm³/mol. The molecular formula is C14H17NO2S. The average molecular weight is 263 g/mol. The van der Waals surface area contributed by atoms with Crippen LogP contribution in [0.5, 0.6) is 0 Å². The molecule has 0 radical (unpaired) electrons. The maximum atomic E-state index is 12.2. The van der Waals surface area contributed by atoms with Gasteiger partial charge in [0.1, 0.15) is 0 Å². The molecule has 0 saturated carbocycles. The molecule has 0 aromatic heterocycles. The van der Waals surface area contributed by atoms with Crippen molar-refractivity contribution in [2.24, 2.45) is 0 Å². The fourth-order valence-corrected chi connectivity index (χ4v) is 3.13. The molecule has 1 atom stereocenters. The summed E-state index contributed by atoms with van der Waals surface area (Å²) in [5.74, 6) is 0.140. The van der Waals surface area contributed by atoms with Crippen LogP contribution in [0.25, 0.3) is 0 Å². The highest BCUT2D eigenvalue weighted by atomic mass is 32.2. The van der Waals surface area contributed by atoms with Gasteiger partial charge in [-0.25, -0.2) is 0 Å². The third kappa shape index (κ3) is 2.17. The van der Waals surface area contributed by atoms with Crippen LogP contribution in [0.1, 0.15) is 38.1 Å². The Morgan fingerprint density at radius 2 is 2.06 bits per heavy atom. The first-order chi connectivity index (χ1) is 8.41. The molecule has 0 saturated heterocycles. The van der Waals surface area contributed by atoms with Crippen LogP contribution >= 0.6 is 11.8 Å². The van der Waals surface area contributed by atoms with E-state index in [-0.39, 0.29) is 23.0 Å². The minimum Gasteiger partial charge on any atom is -0.308 e. The van der Waals surface area contributed by atoms with Gasteiger partial charge in [0.05, 0.1) is 10.9 Å². The molecule has 1 aromatic rings. The summed E-state index contributed by atoms with van der Waals surface area (Å²) in [4.78, 5) is 26.5. The number of hydrogen-bond acceptors (Lipinski definition) is 3. The number of hydrogen-bond donors (Lipinski definition) is 0. The van der Waals surface area contributed by atoms with Gasteiger partial charge in [0, 0.05) is 16.5 Å². The zero-order chi connectivity index (χ0) is 13.4. The van der Waals surface area contributed by atoms with Gasteiger partial charge >= 0.3 is 0 Å². The van der Waals surface area contributed by atoms with E-state index in [2.05, 4.69) is 0 Å². The molecule has 1 aromatic carbocycles. The number of carbonyl (C=O) groups is 2. The third-order valence-corrected chi connectivity index (χ3v) is 4.18. The summed E-state index contributed by atoms with van der Waals surface area (Å²) in [6, 6.07) is 5.69. The van der Waals surface area contributed by atoms with Crippen molar-refractivity contribution in [3.63, 3.8) is 0 Å². The summed E-state index contributed by atoms with van der Waals surface area (Å²) >= 11 is 1.56. The molecule has 0 aliphatic carbocycles. The first kappa shape index (κ1) is 13.1. The van der Waals surface area contributed by atoms with Crippen molar-refractivity contribution < 1.29 is 9.59 Å².